The number of benzene rings is 3. The van der Waals surface area contributed by atoms with E-state index in [-0.39, 0.29) is 17.5 Å². The lowest BCUT2D eigenvalue weighted by Crippen LogP contribution is -2.20. The minimum Gasteiger partial charge on any atom is -0.364 e. The Morgan fingerprint density at radius 1 is 0.975 bits per heavy atom. The standard InChI is InChI=1S/C30H29ClN6O3/c1-36(2)16-15-26(38)33-19-10-12-21(13-11-19)37-28-23(27(35-37)29(32)39)14-8-18-7-9-20(17-24(18)28)34-30(40)22-5-3-4-6-25(22)31/h3-7,9-13,17H,8,14-16H2,1-2H3,(H2,32,39)(H,33,38)(H,34,40). The van der Waals surface area contributed by atoms with E-state index in [2.05, 4.69) is 15.7 Å². The molecule has 9 nitrogen and oxygen atoms in total. The van der Waals surface area contributed by atoms with Gasteiger partial charge in [-0.15, -0.1) is 0 Å². The molecule has 40 heavy (non-hydrogen) atoms. The number of fused-ring (bicyclic) bond motifs is 3. The van der Waals surface area contributed by atoms with E-state index in [1.165, 1.54) is 0 Å². The maximum atomic E-state index is 12.9. The van der Waals surface area contributed by atoms with Gasteiger partial charge in [-0.1, -0.05) is 29.8 Å². The van der Waals surface area contributed by atoms with Crippen LogP contribution in [0.3, 0.4) is 0 Å². The molecule has 5 rings (SSSR count). The zero-order valence-electron chi connectivity index (χ0n) is 22.2. The minimum atomic E-state index is -0.605. The number of nitrogens with two attached hydrogens (primary N) is 1. The van der Waals surface area contributed by atoms with Crippen LogP contribution in [0.15, 0.2) is 66.7 Å². The number of nitrogens with zero attached hydrogens (tertiary/aromatic N) is 3. The lowest BCUT2D eigenvalue weighted by molar-refractivity contribution is -0.116. The Labute approximate surface area is 236 Å². The second kappa shape index (κ2) is 11.3. The average molecular weight is 557 g/mol. The van der Waals surface area contributed by atoms with Crippen LogP contribution in [0.1, 0.15) is 38.4 Å². The minimum absolute atomic E-state index is 0.0748. The topological polar surface area (TPSA) is 122 Å². The third-order valence-electron chi connectivity index (χ3n) is 6.78. The highest BCUT2D eigenvalue weighted by atomic mass is 35.5. The first-order valence-electron chi connectivity index (χ1n) is 12.9. The molecule has 4 N–H and O–H groups in total. The van der Waals surface area contributed by atoms with Crippen molar-refractivity contribution >= 4 is 40.7 Å². The number of aromatic nitrogens is 2. The number of anilines is 2. The molecule has 1 aromatic heterocycles. The van der Waals surface area contributed by atoms with Crippen LogP contribution in [-0.2, 0) is 17.6 Å². The van der Waals surface area contributed by atoms with Crippen molar-refractivity contribution in [1.82, 2.24) is 14.7 Å². The molecular formula is C30H29ClN6O3. The van der Waals surface area contributed by atoms with Crippen molar-refractivity contribution < 1.29 is 14.4 Å². The Bertz CT molecular complexity index is 1610. The van der Waals surface area contributed by atoms with Crippen molar-refractivity contribution in [3.63, 3.8) is 0 Å². The van der Waals surface area contributed by atoms with Crippen molar-refractivity contribution in [2.75, 3.05) is 31.3 Å². The van der Waals surface area contributed by atoms with Gasteiger partial charge in [0.15, 0.2) is 5.69 Å². The summed E-state index contributed by atoms with van der Waals surface area (Å²) in [6.07, 6.45) is 1.69. The van der Waals surface area contributed by atoms with Crippen LogP contribution in [0.2, 0.25) is 5.02 Å². The lowest BCUT2D eigenvalue weighted by Gasteiger charge is -2.20. The van der Waals surface area contributed by atoms with Crippen LogP contribution < -0.4 is 16.4 Å². The third kappa shape index (κ3) is 5.61. The highest BCUT2D eigenvalue weighted by Gasteiger charge is 2.28. The van der Waals surface area contributed by atoms with Crippen LogP contribution in [0.25, 0.3) is 16.9 Å². The van der Waals surface area contributed by atoms with Crippen LogP contribution in [0.4, 0.5) is 11.4 Å². The van der Waals surface area contributed by atoms with Gasteiger partial charge in [0.25, 0.3) is 11.8 Å². The molecule has 0 spiro atoms. The number of halogens is 1. The predicted molar refractivity (Wildman–Crippen MR) is 156 cm³/mol. The highest BCUT2D eigenvalue weighted by molar-refractivity contribution is 6.34. The molecule has 3 aromatic carbocycles. The van der Waals surface area contributed by atoms with Gasteiger partial charge in [-0.2, -0.15) is 5.10 Å². The molecule has 0 fully saturated rings. The summed E-state index contributed by atoms with van der Waals surface area (Å²) in [5, 5.41) is 10.8. The summed E-state index contributed by atoms with van der Waals surface area (Å²) < 4.78 is 1.70. The van der Waals surface area contributed by atoms with Crippen LogP contribution in [-0.4, -0.2) is 53.0 Å². The van der Waals surface area contributed by atoms with E-state index in [4.69, 9.17) is 17.3 Å². The van der Waals surface area contributed by atoms with Gasteiger partial charge in [-0.3, -0.25) is 14.4 Å². The molecule has 0 radical (unpaired) electrons. The number of carbonyl (C=O) groups excluding carboxylic acids is 3. The van der Waals surface area contributed by atoms with Crippen molar-refractivity contribution in [3.8, 4) is 16.9 Å². The number of hydrogen-bond donors (Lipinski definition) is 3. The van der Waals surface area contributed by atoms with Gasteiger partial charge in [0.2, 0.25) is 5.91 Å². The maximum absolute atomic E-state index is 12.9. The SMILES string of the molecule is CN(C)CCC(=O)Nc1ccc(-n2nc(C(N)=O)c3c2-c2cc(NC(=O)c4ccccc4Cl)ccc2CC3)cc1. The van der Waals surface area contributed by atoms with Gasteiger partial charge in [0.1, 0.15) is 0 Å². The Balaban J connectivity index is 1.48. The van der Waals surface area contributed by atoms with Gasteiger partial charge < -0.3 is 21.3 Å². The zero-order valence-corrected chi connectivity index (χ0v) is 23.0. The van der Waals surface area contributed by atoms with Gasteiger partial charge in [0, 0.05) is 35.5 Å². The van der Waals surface area contributed by atoms with Crippen molar-refractivity contribution in [3.05, 3.63) is 94.1 Å². The second-order valence-corrected chi connectivity index (χ2v) is 10.3. The first kappa shape index (κ1) is 27.1. The normalized spacial score (nSPS) is 12.0. The lowest BCUT2D eigenvalue weighted by atomic mass is 9.88. The number of rotatable bonds is 8. The van der Waals surface area contributed by atoms with E-state index < -0.39 is 5.91 Å². The number of hydrogen-bond acceptors (Lipinski definition) is 5. The molecule has 1 aliphatic carbocycles. The van der Waals surface area contributed by atoms with E-state index in [1.54, 1.807) is 41.1 Å². The number of amides is 3. The fraction of sp³-hybridized carbons (Fsp3) is 0.200. The summed E-state index contributed by atoms with van der Waals surface area (Å²) in [6.45, 7) is 0.652. The van der Waals surface area contributed by atoms with Gasteiger partial charge in [-0.05, 0) is 81.0 Å². The smallest absolute Gasteiger partial charge is 0.269 e. The molecule has 1 aliphatic rings. The van der Waals surface area contributed by atoms with Crippen molar-refractivity contribution in [2.24, 2.45) is 5.73 Å². The molecule has 0 unspecified atom stereocenters. The number of primary amides is 1. The van der Waals surface area contributed by atoms with E-state index in [9.17, 15) is 14.4 Å². The first-order chi connectivity index (χ1) is 19.2. The predicted octanol–water partition coefficient (Wildman–Crippen LogP) is 4.53. The van der Waals surface area contributed by atoms with Crippen molar-refractivity contribution in [2.45, 2.75) is 19.3 Å². The van der Waals surface area contributed by atoms with Gasteiger partial charge >= 0.3 is 0 Å². The summed E-state index contributed by atoms with van der Waals surface area (Å²) in [7, 11) is 3.84. The number of carbonyl (C=O) groups is 3. The Hall–Kier alpha value is -4.47. The summed E-state index contributed by atoms with van der Waals surface area (Å²) in [4.78, 5) is 39.5. The molecule has 0 atom stereocenters. The average Bonchev–Trinajstić information content (AvgIpc) is 3.33. The molecule has 10 heteroatoms. The second-order valence-electron chi connectivity index (χ2n) is 9.91. The molecule has 0 saturated carbocycles. The summed E-state index contributed by atoms with van der Waals surface area (Å²) in [5.41, 5.74) is 11.7. The Morgan fingerprint density at radius 3 is 2.40 bits per heavy atom. The summed E-state index contributed by atoms with van der Waals surface area (Å²) in [6, 6.07) is 19.8. The molecular weight excluding hydrogens is 528 g/mol. The highest BCUT2D eigenvalue weighted by Crippen LogP contribution is 2.38. The van der Waals surface area contributed by atoms with Crippen molar-refractivity contribution in [1.29, 1.82) is 0 Å². The van der Waals surface area contributed by atoms with E-state index >= 15 is 0 Å². The van der Waals surface area contributed by atoms with Crippen LogP contribution >= 0.6 is 11.6 Å². The monoisotopic (exact) mass is 556 g/mol. The maximum Gasteiger partial charge on any atom is 0.269 e. The Kier molecular flexibility index (Phi) is 7.68. The largest absolute Gasteiger partial charge is 0.364 e. The zero-order chi connectivity index (χ0) is 28.4. The third-order valence-corrected chi connectivity index (χ3v) is 7.11. The quantitative estimate of drug-likeness (QED) is 0.294. The van der Waals surface area contributed by atoms with Gasteiger partial charge in [0.05, 0.1) is 22.0 Å². The van der Waals surface area contributed by atoms with E-state index in [0.29, 0.717) is 53.5 Å². The Morgan fingerprint density at radius 2 is 1.70 bits per heavy atom. The molecule has 3 amide bonds. The van der Waals surface area contributed by atoms with Crippen LogP contribution in [0.5, 0.6) is 0 Å². The molecule has 0 aliphatic heterocycles. The molecule has 0 bridgehead atoms. The first-order valence-corrected chi connectivity index (χ1v) is 13.2. The summed E-state index contributed by atoms with van der Waals surface area (Å²) >= 11 is 6.21. The molecule has 4 aromatic rings. The number of nitrogens with one attached hydrogen (secondary N) is 2. The fourth-order valence-corrected chi connectivity index (χ4v) is 5.00. The molecule has 0 saturated heterocycles. The fourth-order valence-electron chi connectivity index (χ4n) is 4.78. The molecule has 1 heterocycles. The van der Waals surface area contributed by atoms with Crippen LogP contribution in [0, 0.1) is 0 Å². The summed E-state index contributed by atoms with van der Waals surface area (Å²) in [5.74, 6) is -1.00. The molecule has 204 valence electrons. The van der Waals surface area contributed by atoms with E-state index in [0.717, 1.165) is 22.4 Å². The van der Waals surface area contributed by atoms with E-state index in [1.807, 2.05) is 49.3 Å². The van der Waals surface area contributed by atoms with Gasteiger partial charge in [-0.25, -0.2) is 4.68 Å². The number of aryl methyl sites for hydroxylation is 1.